The number of aromatic nitrogens is 2. The third kappa shape index (κ3) is 3.11. The molecule has 128 valence electrons. The van der Waals surface area contributed by atoms with Crippen LogP contribution in [0.1, 0.15) is 29.5 Å². The molecule has 0 spiro atoms. The molecule has 2 aromatic carbocycles. The predicted octanol–water partition coefficient (Wildman–Crippen LogP) is 5.67. The van der Waals surface area contributed by atoms with Crippen molar-refractivity contribution in [2.24, 2.45) is 0 Å². The van der Waals surface area contributed by atoms with Gasteiger partial charge in [-0.3, -0.25) is 0 Å². The van der Waals surface area contributed by atoms with Crippen LogP contribution in [-0.4, -0.2) is 16.3 Å². The molecule has 0 bridgehead atoms. The normalized spacial score (nSPS) is 13.9. The summed E-state index contributed by atoms with van der Waals surface area (Å²) in [6, 6.07) is 15.0. The number of fused-ring (bicyclic) bond motifs is 1. The zero-order chi connectivity index (χ0) is 17.4. The summed E-state index contributed by atoms with van der Waals surface area (Å²) in [6.07, 6.45) is 3.45. The van der Waals surface area contributed by atoms with Crippen LogP contribution in [0.25, 0.3) is 16.9 Å². The second-order valence-corrected chi connectivity index (χ2v) is 7.69. The van der Waals surface area contributed by atoms with Gasteiger partial charge >= 0.3 is 0 Å². The van der Waals surface area contributed by atoms with Gasteiger partial charge in [-0.2, -0.15) is 5.10 Å². The fraction of sp³-hybridized carbons (Fsp3) is 0.286. The van der Waals surface area contributed by atoms with E-state index in [-0.39, 0.29) is 0 Å². The van der Waals surface area contributed by atoms with E-state index >= 15 is 0 Å². The van der Waals surface area contributed by atoms with E-state index in [0.717, 1.165) is 34.6 Å². The minimum absolute atomic E-state index is 1.00. The van der Waals surface area contributed by atoms with Crippen molar-refractivity contribution in [1.82, 2.24) is 9.78 Å². The van der Waals surface area contributed by atoms with Gasteiger partial charge in [0.15, 0.2) is 0 Å². The molecule has 0 amide bonds. The molecule has 1 aliphatic rings. The van der Waals surface area contributed by atoms with Crippen LogP contribution in [0, 0.1) is 13.8 Å². The fourth-order valence-electron chi connectivity index (χ4n) is 3.49. The monoisotopic (exact) mass is 395 g/mol. The van der Waals surface area contributed by atoms with Crippen molar-refractivity contribution < 1.29 is 0 Å². The first-order valence-corrected chi connectivity index (χ1v) is 9.62. The van der Waals surface area contributed by atoms with E-state index in [2.05, 4.69) is 82.2 Å². The van der Waals surface area contributed by atoms with E-state index in [1.54, 1.807) is 0 Å². The number of benzene rings is 2. The lowest BCUT2D eigenvalue weighted by molar-refractivity contribution is 0.779. The van der Waals surface area contributed by atoms with E-state index in [0.29, 0.717) is 0 Å². The Bertz CT molecular complexity index is 927. The second-order valence-electron chi connectivity index (χ2n) is 6.77. The summed E-state index contributed by atoms with van der Waals surface area (Å²) in [4.78, 5) is 0. The summed E-state index contributed by atoms with van der Waals surface area (Å²) in [7, 11) is 0. The van der Waals surface area contributed by atoms with Crippen LogP contribution in [-0.2, 0) is 6.42 Å². The van der Waals surface area contributed by atoms with Gasteiger partial charge in [0.25, 0.3) is 0 Å². The molecule has 4 heteroatoms. The van der Waals surface area contributed by atoms with Crippen LogP contribution in [0.15, 0.2) is 46.9 Å². The van der Waals surface area contributed by atoms with Crippen molar-refractivity contribution in [2.45, 2.75) is 33.1 Å². The summed E-state index contributed by atoms with van der Waals surface area (Å²) >= 11 is 3.59. The molecule has 0 saturated heterocycles. The molecular weight excluding hydrogens is 374 g/mol. The molecule has 0 aliphatic carbocycles. The van der Waals surface area contributed by atoms with Crippen LogP contribution in [0.3, 0.4) is 0 Å². The van der Waals surface area contributed by atoms with Crippen LogP contribution in [0.2, 0.25) is 0 Å². The molecule has 0 radical (unpaired) electrons. The molecule has 2 heterocycles. The Balaban J connectivity index is 1.95. The molecule has 0 unspecified atom stereocenters. The topological polar surface area (TPSA) is 29.9 Å². The largest absolute Gasteiger partial charge is 0.370 e. The van der Waals surface area contributed by atoms with Gasteiger partial charge in [0, 0.05) is 22.1 Å². The number of hydrogen-bond donors (Lipinski definition) is 1. The Hall–Kier alpha value is -2.07. The highest BCUT2D eigenvalue weighted by Gasteiger charge is 2.22. The maximum absolute atomic E-state index is 5.05. The van der Waals surface area contributed by atoms with Gasteiger partial charge in [0.2, 0.25) is 0 Å². The van der Waals surface area contributed by atoms with Gasteiger partial charge in [0.05, 0.1) is 11.4 Å². The molecule has 0 saturated carbocycles. The average Bonchev–Trinajstić information content (AvgIpc) is 2.78. The summed E-state index contributed by atoms with van der Waals surface area (Å²) in [5.41, 5.74) is 7.23. The predicted molar refractivity (Wildman–Crippen MR) is 108 cm³/mol. The molecule has 1 aromatic heterocycles. The Morgan fingerprint density at radius 1 is 1.08 bits per heavy atom. The van der Waals surface area contributed by atoms with Crippen molar-refractivity contribution in [2.75, 3.05) is 11.9 Å². The third-order valence-electron chi connectivity index (χ3n) is 4.82. The average molecular weight is 396 g/mol. The lowest BCUT2D eigenvalue weighted by Crippen LogP contribution is -2.08. The van der Waals surface area contributed by atoms with Crippen molar-refractivity contribution >= 4 is 21.7 Å². The van der Waals surface area contributed by atoms with E-state index in [4.69, 9.17) is 5.10 Å². The first-order chi connectivity index (χ1) is 12.1. The zero-order valence-corrected chi connectivity index (χ0v) is 16.2. The number of nitrogens with zero attached hydrogens (tertiary/aromatic N) is 2. The van der Waals surface area contributed by atoms with Gasteiger partial charge in [0.1, 0.15) is 5.82 Å². The van der Waals surface area contributed by atoms with Gasteiger partial charge in [-0.15, -0.1) is 0 Å². The fourth-order valence-corrected chi connectivity index (χ4v) is 3.89. The minimum Gasteiger partial charge on any atom is -0.370 e. The number of anilines is 1. The van der Waals surface area contributed by atoms with E-state index in [1.807, 2.05) is 0 Å². The van der Waals surface area contributed by atoms with E-state index < -0.39 is 0 Å². The maximum Gasteiger partial charge on any atom is 0.133 e. The number of aryl methyl sites for hydroxylation is 2. The van der Waals surface area contributed by atoms with Crippen molar-refractivity contribution in [3.8, 4) is 16.9 Å². The molecule has 25 heavy (non-hydrogen) atoms. The molecule has 1 N–H and O–H groups in total. The third-order valence-corrected chi connectivity index (χ3v) is 5.31. The number of nitrogens with one attached hydrogen (secondary N) is 1. The van der Waals surface area contributed by atoms with E-state index in [9.17, 15) is 0 Å². The Morgan fingerprint density at radius 2 is 1.96 bits per heavy atom. The first kappa shape index (κ1) is 16.4. The number of rotatable bonds is 2. The minimum atomic E-state index is 1.00. The smallest absolute Gasteiger partial charge is 0.133 e. The second kappa shape index (κ2) is 6.68. The summed E-state index contributed by atoms with van der Waals surface area (Å²) < 4.78 is 3.20. The van der Waals surface area contributed by atoms with Crippen LogP contribution in [0.5, 0.6) is 0 Å². The van der Waals surface area contributed by atoms with Crippen molar-refractivity contribution in [3.05, 3.63) is 63.6 Å². The van der Waals surface area contributed by atoms with Crippen LogP contribution < -0.4 is 5.32 Å². The molecule has 0 fully saturated rings. The van der Waals surface area contributed by atoms with Gasteiger partial charge in [-0.05, 0) is 62.4 Å². The maximum atomic E-state index is 5.05. The van der Waals surface area contributed by atoms with Crippen molar-refractivity contribution in [3.63, 3.8) is 0 Å². The lowest BCUT2D eigenvalue weighted by atomic mass is 10.0. The number of halogens is 1. The lowest BCUT2D eigenvalue weighted by Gasteiger charge is -2.12. The highest BCUT2D eigenvalue weighted by atomic mass is 79.9. The highest BCUT2D eigenvalue weighted by molar-refractivity contribution is 9.10. The molecular formula is C21H22BrN3. The molecule has 4 rings (SSSR count). The quantitative estimate of drug-likeness (QED) is 0.605. The SMILES string of the molecule is Cc1ccc(C)c(-n2nc(-c3cccc(Br)c3)c3c2NCCCC3)c1. The van der Waals surface area contributed by atoms with Crippen LogP contribution >= 0.6 is 15.9 Å². The van der Waals surface area contributed by atoms with Gasteiger partial charge in [-0.25, -0.2) is 4.68 Å². The molecule has 0 atom stereocenters. The highest BCUT2D eigenvalue weighted by Crippen LogP contribution is 2.35. The van der Waals surface area contributed by atoms with Gasteiger partial charge < -0.3 is 5.32 Å². The first-order valence-electron chi connectivity index (χ1n) is 8.83. The Labute approximate surface area is 157 Å². The molecule has 3 aromatic rings. The molecule has 3 nitrogen and oxygen atoms in total. The number of hydrogen-bond acceptors (Lipinski definition) is 2. The Kier molecular flexibility index (Phi) is 4.38. The van der Waals surface area contributed by atoms with Gasteiger partial charge in [-0.1, -0.05) is 40.2 Å². The van der Waals surface area contributed by atoms with Crippen molar-refractivity contribution in [1.29, 1.82) is 0 Å². The zero-order valence-electron chi connectivity index (χ0n) is 14.6. The molecule has 1 aliphatic heterocycles. The standard InChI is InChI=1S/C21H22BrN3/c1-14-9-10-15(2)19(12-14)25-21-18(8-3-4-11-23-21)20(24-25)16-6-5-7-17(22)13-16/h5-7,9-10,12-13,23H,3-4,8,11H2,1-2H3. The van der Waals surface area contributed by atoms with Crippen LogP contribution in [0.4, 0.5) is 5.82 Å². The van der Waals surface area contributed by atoms with E-state index in [1.165, 1.54) is 35.1 Å². The summed E-state index contributed by atoms with van der Waals surface area (Å²) in [5, 5.41) is 8.68. The summed E-state index contributed by atoms with van der Waals surface area (Å²) in [5.74, 6) is 1.15. The Morgan fingerprint density at radius 3 is 2.80 bits per heavy atom. The summed E-state index contributed by atoms with van der Waals surface area (Å²) in [6.45, 7) is 5.29.